The molecule has 0 saturated heterocycles. The second kappa shape index (κ2) is 7.32. The number of nitrogens with zero attached hydrogens (tertiary/aromatic N) is 3. The minimum Gasteiger partial charge on any atom is -0.505 e. The fourth-order valence-corrected chi connectivity index (χ4v) is 3.02. The van der Waals surface area contributed by atoms with E-state index in [-0.39, 0.29) is 17.0 Å². The summed E-state index contributed by atoms with van der Waals surface area (Å²) in [6, 6.07) is 15.4. The Labute approximate surface area is 160 Å². The highest BCUT2D eigenvalue weighted by atomic mass is 16.4. The first-order valence-corrected chi connectivity index (χ1v) is 8.57. The molecule has 0 aliphatic rings. The molecule has 1 atom stereocenters. The lowest BCUT2D eigenvalue weighted by Crippen LogP contribution is -2.14. The predicted molar refractivity (Wildman–Crippen MR) is 104 cm³/mol. The van der Waals surface area contributed by atoms with Crippen molar-refractivity contribution in [2.75, 3.05) is 5.32 Å². The minimum absolute atomic E-state index is 0.0853. The number of phenols is 1. The number of aromatic nitrogens is 3. The van der Waals surface area contributed by atoms with Gasteiger partial charge >= 0.3 is 5.97 Å². The lowest BCUT2D eigenvalue weighted by atomic mass is 9.97. The van der Waals surface area contributed by atoms with E-state index in [2.05, 4.69) is 20.3 Å². The van der Waals surface area contributed by atoms with Crippen molar-refractivity contribution in [3.8, 4) is 5.75 Å². The second-order valence-corrected chi connectivity index (χ2v) is 6.16. The lowest BCUT2D eigenvalue weighted by Gasteiger charge is -2.21. The van der Waals surface area contributed by atoms with E-state index in [1.807, 2.05) is 24.3 Å². The van der Waals surface area contributed by atoms with Gasteiger partial charge in [0.05, 0.1) is 6.04 Å². The van der Waals surface area contributed by atoms with Crippen LogP contribution in [-0.4, -0.2) is 31.1 Å². The molecule has 0 amide bonds. The maximum absolute atomic E-state index is 11.3. The number of carbonyl (C=O) groups is 1. The van der Waals surface area contributed by atoms with E-state index in [1.54, 1.807) is 42.9 Å². The summed E-state index contributed by atoms with van der Waals surface area (Å²) in [6.07, 6.45) is 5.04. The van der Waals surface area contributed by atoms with Crippen molar-refractivity contribution in [2.45, 2.75) is 6.04 Å². The molecule has 1 aromatic carbocycles. The van der Waals surface area contributed by atoms with Crippen LogP contribution in [0.4, 0.5) is 5.82 Å². The molecular formula is C21H16N4O3. The Hall–Kier alpha value is -4.00. The van der Waals surface area contributed by atoms with Gasteiger partial charge in [-0.3, -0.25) is 4.98 Å². The van der Waals surface area contributed by atoms with E-state index < -0.39 is 12.0 Å². The smallest absolute Gasteiger partial charge is 0.354 e. The van der Waals surface area contributed by atoms with Crippen LogP contribution in [0.1, 0.15) is 27.7 Å². The van der Waals surface area contributed by atoms with Crippen molar-refractivity contribution in [1.29, 1.82) is 0 Å². The molecule has 0 aliphatic heterocycles. The van der Waals surface area contributed by atoms with Gasteiger partial charge in [-0.2, -0.15) is 0 Å². The van der Waals surface area contributed by atoms with E-state index in [0.29, 0.717) is 16.8 Å². The molecule has 0 spiro atoms. The summed E-state index contributed by atoms with van der Waals surface area (Å²) in [5.41, 5.74) is 1.46. The summed E-state index contributed by atoms with van der Waals surface area (Å²) >= 11 is 0. The molecule has 3 heterocycles. The third-order valence-electron chi connectivity index (χ3n) is 4.37. The minimum atomic E-state index is -1.15. The maximum atomic E-state index is 11.3. The average Bonchev–Trinajstić information content (AvgIpc) is 2.74. The Morgan fingerprint density at radius 3 is 2.57 bits per heavy atom. The SMILES string of the molecule is O=C(O)c1ccc2ccc(C(Nc3ccccn3)c3cccnc3)c(O)c2n1. The van der Waals surface area contributed by atoms with Crippen LogP contribution in [0.5, 0.6) is 5.75 Å². The van der Waals surface area contributed by atoms with Crippen LogP contribution in [0.3, 0.4) is 0 Å². The van der Waals surface area contributed by atoms with Gasteiger partial charge in [-0.15, -0.1) is 0 Å². The summed E-state index contributed by atoms with van der Waals surface area (Å²) in [7, 11) is 0. The summed E-state index contributed by atoms with van der Waals surface area (Å²) in [5.74, 6) is -0.608. The van der Waals surface area contributed by atoms with Crippen molar-refractivity contribution in [3.05, 3.63) is 90.0 Å². The van der Waals surface area contributed by atoms with E-state index >= 15 is 0 Å². The topological polar surface area (TPSA) is 108 Å². The molecule has 0 radical (unpaired) electrons. The van der Waals surface area contributed by atoms with Crippen LogP contribution in [0.15, 0.2) is 73.2 Å². The zero-order valence-corrected chi connectivity index (χ0v) is 14.6. The maximum Gasteiger partial charge on any atom is 0.354 e. The molecule has 138 valence electrons. The van der Waals surface area contributed by atoms with Crippen LogP contribution in [0.2, 0.25) is 0 Å². The third kappa shape index (κ3) is 3.33. The first kappa shape index (κ1) is 17.4. The summed E-state index contributed by atoms with van der Waals surface area (Å²) in [6.45, 7) is 0. The Kier molecular flexibility index (Phi) is 4.55. The van der Waals surface area contributed by atoms with Crippen molar-refractivity contribution in [1.82, 2.24) is 15.0 Å². The van der Waals surface area contributed by atoms with Gasteiger partial charge in [-0.25, -0.2) is 14.8 Å². The molecule has 0 saturated carbocycles. The number of carboxylic acid groups (broad SMARTS) is 1. The fourth-order valence-electron chi connectivity index (χ4n) is 3.02. The van der Waals surface area contributed by atoms with Crippen LogP contribution in [0, 0.1) is 0 Å². The van der Waals surface area contributed by atoms with Crippen molar-refractivity contribution >= 4 is 22.7 Å². The standard InChI is InChI=1S/C21H16N4O3/c26-20-15(8-6-13-7-9-16(21(27)28)24-19(13)20)18(14-4-3-10-22-12-14)25-17-5-1-2-11-23-17/h1-12,18,26H,(H,23,25)(H,27,28). The fraction of sp³-hybridized carbons (Fsp3) is 0.0476. The highest BCUT2D eigenvalue weighted by Gasteiger charge is 2.21. The van der Waals surface area contributed by atoms with Crippen molar-refractivity contribution in [3.63, 3.8) is 0 Å². The predicted octanol–water partition coefficient (Wildman–Crippen LogP) is 3.63. The molecule has 3 aromatic heterocycles. The summed E-state index contributed by atoms with van der Waals surface area (Å²) in [5, 5.41) is 24.1. The van der Waals surface area contributed by atoms with E-state index in [0.717, 1.165) is 5.56 Å². The molecule has 0 fully saturated rings. The number of phenolic OH excluding ortho intramolecular Hbond substituents is 1. The number of aromatic carboxylic acids is 1. The molecule has 0 aliphatic carbocycles. The number of fused-ring (bicyclic) bond motifs is 1. The molecule has 3 N–H and O–H groups in total. The molecule has 0 bridgehead atoms. The lowest BCUT2D eigenvalue weighted by molar-refractivity contribution is 0.0691. The highest BCUT2D eigenvalue weighted by molar-refractivity contribution is 5.92. The number of benzene rings is 1. The molecule has 1 unspecified atom stereocenters. The third-order valence-corrected chi connectivity index (χ3v) is 4.37. The number of hydrogen-bond donors (Lipinski definition) is 3. The highest BCUT2D eigenvalue weighted by Crippen LogP contribution is 2.36. The van der Waals surface area contributed by atoms with Crippen LogP contribution in [0.25, 0.3) is 10.9 Å². The quantitative estimate of drug-likeness (QED) is 0.491. The normalized spacial score (nSPS) is 11.9. The van der Waals surface area contributed by atoms with Crippen LogP contribution in [-0.2, 0) is 0 Å². The van der Waals surface area contributed by atoms with Gasteiger partial charge in [0.25, 0.3) is 0 Å². The van der Waals surface area contributed by atoms with Gasteiger partial charge in [0.15, 0.2) is 0 Å². The summed E-state index contributed by atoms with van der Waals surface area (Å²) in [4.78, 5) is 23.8. The van der Waals surface area contributed by atoms with Gasteiger partial charge < -0.3 is 15.5 Å². The largest absolute Gasteiger partial charge is 0.505 e. The molecule has 28 heavy (non-hydrogen) atoms. The zero-order chi connectivity index (χ0) is 19.5. The Morgan fingerprint density at radius 1 is 1.00 bits per heavy atom. The molecule has 7 nitrogen and oxygen atoms in total. The van der Waals surface area contributed by atoms with Gasteiger partial charge in [0, 0.05) is 29.5 Å². The Bertz CT molecular complexity index is 1130. The number of nitrogens with one attached hydrogen (secondary N) is 1. The average molecular weight is 372 g/mol. The van der Waals surface area contributed by atoms with Crippen molar-refractivity contribution in [2.24, 2.45) is 0 Å². The number of rotatable bonds is 5. The number of pyridine rings is 3. The first-order valence-electron chi connectivity index (χ1n) is 8.57. The Morgan fingerprint density at radius 2 is 1.86 bits per heavy atom. The molecular weight excluding hydrogens is 356 g/mol. The molecule has 4 rings (SSSR count). The number of hydrogen-bond acceptors (Lipinski definition) is 6. The van der Waals surface area contributed by atoms with Crippen LogP contribution >= 0.6 is 0 Å². The first-order chi connectivity index (χ1) is 13.6. The van der Waals surface area contributed by atoms with Gasteiger partial charge in [0.1, 0.15) is 22.8 Å². The zero-order valence-electron chi connectivity index (χ0n) is 14.6. The van der Waals surface area contributed by atoms with E-state index in [1.165, 1.54) is 6.07 Å². The number of anilines is 1. The van der Waals surface area contributed by atoms with Gasteiger partial charge in [-0.1, -0.05) is 30.3 Å². The molecule has 4 aromatic rings. The van der Waals surface area contributed by atoms with Crippen molar-refractivity contribution < 1.29 is 15.0 Å². The summed E-state index contributed by atoms with van der Waals surface area (Å²) < 4.78 is 0. The number of aromatic hydroxyl groups is 1. The van der Waals surface area contributed by atoms with Crippen LogP contribution < -0.4 is 5.32 Å². The van der Waals surface area contributed by atoms with E-state index in [4.69, 9.17) is 0 Å². The van der Waals surface area contributed by atoms with Gasteiger partial charge in [0.2, 0.25) is 0 Å². The molecule has 7 heteroatoms. The van der Waals surface area contributed by atoms with Gasteiger partial charge in [-0.05, 0) is 29.8 Å². The number of carboxylic acids is 1. The second-order valence-electron chi connectivity index (χ2n) is 6.16. The van der Waals surface area contributed by atoms with E-state index in [9.17, 15) is 15.0 Å². The Balaban J connectivity index is 1.86. The monoisotopic (exact) mass is 372 g/mol.